The summed E-state index contributed by atoms with van der Waals surface area (Å²) >= 11 is 0. The topological polar surface area (TPSA) is 120 Å². The first-order valence-corrected chi connectivity index (χ1v) is 9.04. The van der Waals surface area contributed by atoms with E-state index < -0.39 is 21.9 Å². The molecule has 0 aliphatic carbocycles. The Bertz CT molecular complexity index is 958. The van der Waals surface area contributed by atoms with Crippen molar-refractivity contribution in [1.29, 1.82) is 0 Å². The van der Waals surface area contributed by atoms with Gasteiger partial charge in [-0.15, -0.1) is 4.83 Å². The monoisotopic (exact) mass is 394 g/mol. The molecule has 0 heterocycles. The van der Waals surface area contributed by atoms with Crippen LogP contribution in [0, 0.1) is 0 Å². The lowest BCUT2D eigenvalue weighted by Gasteiger charge is -2.12. The minimum Gasteiger partial charge on any atom is -0.493 e. The molecule has 27 heavy (non-hydrogen) atoms. The van der Waals surface area contributed by atoms with Crippen molar-refractivity contribution in [1.82, 2.24) is 10.3 Å². The van der Waals surface area contributed by atoms with Gasteiger partial charge in [0.15, 0.2) is 11.5 Å². The first-order valence-electron chi connectivity index (χ1n) is 7.55. The minimum absolute atomic E-state index is 0.136. The van der Waals surface area contributed by atoms with Gasteiger partial charge >= 0.3 is 5.97 Å². The molecule has 2 rings (SSSR count). The number of methoxy groups -OCH3 is 3. The zero-order chi connectivity index (χ0) is 20.0. The minimum atomic E-state index is -4.22. The second kappa shape index (κ2) is 8.52. The lowest BCUT2D eigenvalue weighted by Crippen LogP contribution is -2.42. The molecule has 2 aromatic rings. The molecule has 0 aliphatic heterocycles. The van der Waals surface area contributed by atoms with Gasteiger partial charge in [0.05, 0.1) is 31.8 Å². The van der Waals surface area contributed by atoms with Gasteiger partial charge in [0, 0.05) is 5.56 Å². The van der Waals surface area contributed by atoms with E-state index in [-0.39, 0.29) is 16.0 Å². The fraction of sp³-hybridized carbons (Fsp3) is 0.176. The molecule has 10 heteroatoms. The summed E-state index contributed by atoms with van der Waals surface area (Å²) in [6, 6.07) is 9.80. The van der Waals surface area contributed by atoms with Gasteiger partial charge in [0.2, 0.25) is 0 Å². The van der Waals surface area contributed by atoms with E-state index in [0.29, 0.717) is 11.5 Å². The SMILES string of the molecule is COC(=O)c1ccccc1S(=O)(=O)NNC(=O)c1ccc(OC)c(OC)c1. The van der Waals surface area contributed by atoms with Crippen molar-refractivity contribution in [3.63, 3.8) is 0 Å². The van der Waals surface area contributed by atoms with Crippen LogP contribution in [0.4, 0.5) is 0 Å². The van der Waals surface area contributed by atoms with Gasteiger partial charge in [0.25, 0.3) is 15.9 Å². The van der Waals surface area contributed by atoms with Crippen LogP contribution < -0.4 is 19.7 Å². The van der Waals surface area contributed by atoms with Crippen molar-refractivity contribution >= 4 is 21.9 Å². The molecule has 0 unspecified atom stereocenters. The Morgan fingerprint density at radius 2 is 1.59 bits per heavy atom. The van der Waals surface area contributed by atoms with Crippen LogP contribution >= 0.6 is 0 Å². The summed E-state index contributed by atoms with van der Waals surface area (Å²) in [5, 5.41) is 0. The van der Waals surface area contributed by atoms with Crippen LogP contribution in [0.25, 0.3) is 0 Å². The van der Waals surface area contributed by atoms with Crippen molar-refractivity contribution in [2.75, 3.05) is 21.3 Å². The Balaban J connectivity index is 2.21. The number of hydrazine groups is 1. The van der Waals surface area contributed by atoms with Crippen LogP contribution in [-0.2, 0) is 14.8 Å². The Morgan fingerprint density at radius 1 is 0.926 bits per heavy atom. The molecule has 0 atom stereocenters. The molecule has 0 spiro atoms. The zero-order valence-corrected chi connectivity index (χ0v) is 15.6. The average Bonchev–Trinajstić information content (AvgIpc) is 2.70. The number of rotatable bonds is 7. The van der Waals surface area contributed by atoms with Crippen LogP contribution in [0.2, 0.25) is 0 Å². The predicted octanol–water partition coefficient (Wildman–Crippen LogP) is 1.11. The van der Waals surface area contributed by atoms with Crippen LogP contribution in [0.3, 0.4) is 0 Å². The molecule has 0 fully saturated rings. The van der Waals surface area contributed by atoms with Crippen LogP contribution in [0.1, 0.15) is 20.7 Å². The van der Waals surface area contributed by atoms with Crippen molar-refractivity contribution in [2.24, 2.45) is 0 Å². The Hall–Kier alpha value is -3.11. The average molecular weight is 394 g/mol. The van der Waals surface area contributed by atoms with Crippen LogP contribution in [0.5, 0.6) is 11.5 Å². The Labute approximate surface area is 156 Å². The molecule has 0 saturated carbocycles. The van der Waals surface area contributed by atoms with E-state index in [1.54, 1.807) is 0 Å². The van der Waals surface area contributed by atoms with E-state index in [4.69, 9.17) is 9.47 Å². The second-order valence-corrected chi connectivity index (χ2v) is 6.77. The highest BCUT2D eigenvalue weighted by molar-refractivity contribution is 7.89. The summed E-state index contributed by atoms with van der Waals surface area (Å²) < 4.78 is 39.7. The van der Waals surface area contributed by atoms with Gasteiger partial charge in [-0.1, -0.05) is 12.1 Å². The van der Waals surface area contributed by atoms with Gasteiger partial charge in [0.1, 0.15) is 0 Å². The molecule has 1 amide bonds. The number of hydrogen-bond donors (Lipinski definition) is 2. The first kappa shape index (κ1) is 20.2. The highest BCUT2D eigenvalue weighted by Gasteiger charge is 2.23. The summed E-state index contributed by atoms with van der Waals surface area (Å²) in [7, 11) is -0.222. The number of benzene rings is 2. The smallest absolute Gasteiger partial charge is 0.339 e. The molecule has 0 radical (unpaired) electrons. The number of amides is 1. The van der Waals surface area contributed by atoms with Crippen molar-refractivity contribution in [3.8, 4) is 11.5 Å². The highest BCUT2D eigenvalue weighted by atomic mass is 32.2. The summed E-state index contributed by atoms with van der Waals surface area (Å²) in [4.78, 5) is 25.6. The van der Waals surface area contributed by atoms with Crippen molar-refractivity contribution in [2.45, 2.75) is 4.90 Å². The molecule has 0 aliphatic rings. The maximum absolute atomic E-state index is 12.5. The fourth-order valence-electron chi connectivity index (χ4n) is 2.20. The molecule has 2 aromatic carbocycles. The summed E-state index contributed by atoms with van der Waals surface area (Å²) in [6.45, 7) is 0. The maximum Gasteiger partial charge on any atom is 0.339 e. The number of hydrogen-bond acceptors (Lipinski definition) is 7. The quantitative estimate of drug-likeness (QED) is 0.533. The number of carbonyl (C=O) groups excluding carboxylic acids is 2. The number of esters is 1. The standard InChI is InChI=1S/C17H18N2O7S/c1-24-13-9-8-11(10-14(13)25-2)16(20)18-19-27(22,23)15-7-5-4-6-12(15)17(21)26-3/h4-10,19H,1-3H3,(H,18,20). The Kier molecular flexibility index (Phi) is 6.37. The van der Waals surface area contributed by atoms with Gasteiger partial charge in [-0.05, 0) is 30.3 Å². The van der Waals surface area contributed by atoms with Gasteiger partial charge in [-0.2, -0.15) is 0 Å². The number of carbonyl (C=O) groups is 2. The first-order chi connectivity index (χ1) is 12.8. The molecular formula is C17H18N2O7S. The summed E-state index contributed by atoms with van der Waals surface area (Å²) in [5.41, 5.74) is 2.06. The van der Waals surface area contributed by atoms with Crippen LogP contribution in [-0.4, -0.2) is 41.6 Å². The summed E-state index contributed by atoms with van der Waals surface area (Å²) in [6.07, 6.45) is 0. The van der Waals surface area contributed by atoms with Gasteiger partial charge in [-0.3, -0.25) is 10.2 Å². The van der Waals surface area contributed by atoms with E-state index in [1.165, 1.54) is 56.7 Å². The Morgan fingerprint density at radius 3 is 2.22 bits per heavy atom. The lowest BCUT2D eigenvalue weighted by atomic mass is 10.2. The molecule has 2 N–H and O–H groups in total. The fourth-order valence-corrected chi connectivity index (χ4v) is 3.23. The molecule has 0 aromatic heterocycles. The maximum atomic E-state index is 12.5. The molecular weight excluding hydrogens is 376 g/mol. The normalized spacial score (nSPS) is 10.8. The van der Waals surface area contributed by atoms with Gasteiger partial charge in [-0.25, -0.2) is 13.2 Å². The predicted molar refractivity (Wildman–Crippen MR) is 95.1 cm³/mol. The number of sulfonamides is 1. The molecule has 9 nitrogen and oxygen atoms in total. The van der Waals surface area contributed by atoms with Crippen molar-refractivity contribution in [3.05, 3.63) is 53.6 Å². The third-order valence-corrected chi connectivity index (χ3v) is 4.83. The third kappa shape index (κ3) is 4.54. The van der Waals surface area contributed by atoms with E-state index in [9.17, 15) is 18.0 Å². The lowest BCUT2D eigenvalue weighted by molar-refractivity contribution is 0.0596. The molecule has 144 valence electrons. The van der Waals surface area contributed by atoms with Crippen LogP contribution in [0.15, 0.2) is 47.4 Å². The van der Waals surface area contributed by atoms with E-state index in [2.05, 4.69) is 10.2 Å². The molecule has 0 bridgehead atoms. The summed E-state index contributed by atoms with van der Waals surface area (Å²) in [5.74, 6) is -0.817. The zero-order valence-electron chi connectivity index (χ0n) is 14.8. The molecule has 0 saturated heterocycles. The third-order valence-electron chi connectivity index (χ3n) is 3.53. The largest absolute Gasteiger partial charge is 0.493 e. The number of nitrogens with one attached hydrogen (secondary N) is 2. The van der Waals surface area contributed by atoms with Crippen molar-refractivity contribution < 1.29 is 32.2 Å². The van der Waals surface area contributed by atoms with E-state index in [0.717, 1.165) is 7.11 Å². The highest BCUT2D eigenvalue weighted by Crippen LogP contribution is 2.27. The number of ether oxygens (including phenoxy) is 3. The second-order valence-electron chi connectivity index (χ2n) is 5.12. The van der Waals surface area contributed by atoms with Gasteiger partial charge < -0.3 is 14.2 Å². The van der Waals surface area contributed by atoms with E-state index >= 15 is 0 Å². The van der Waals surface area contributed by atoms with E-state index in [1.807, 2.05) is 4.83 Å².